The molecule has 1 amide bonds. The zero-order chi connectivity index (χ0) is 26.7. The predicted octanol–water partition coefficient (Wildman–Crippen LogP) is -0.123. The molecule has 1 aromatic rings. The van der Waals surface area contributed by atoms with E-state index in [0.29, 0.717) is 17.7 Å². The molecule has 3 aliphatic rings. The molecule has 4 atom stereocenters. The maximum absolute atomic E-state index is 13.8. The SMILES string of the molecule is CN(C)CC#Cc1ccc(O)c2c1CC1CC3[C@H](N(C)C)C(=O)C(C(N)=O)=C(O)[C@@]3(O)C(=O)C1=C2O. The van der Waals surface area contributed by atoms with Crippen LogP contribution in [0, 0.1) is 23.7 Å². The number of ketones is 2. The minimum absolute atomic E-state index is 0.0305. The number of carbonyl (C=O) groups excluding carboxylic acids is 3. The van der Waals surface area contributed by atoms with Gasteiger partial charge in [-0.15, -0.1) is 0 Å². The molecule has 10 heteroatoms. The van der Waals surface area contributed by atoms with Crippen LogP contribution in [0.25, 0.3) is 5.76 Å². The van der Waals surface area contributed by atoms with E-state index in [-0.39, 0.29) is 29.7 Å². The third-order valence-electron chi connectivity index (χ3n) is 7.22. The number of aliphatic hydroxyl groups excluding tert-OH is 2. The molecule has 0 saturated heterocycles. The van der Waals surface area contributed by atoms with Gasteiger partial charge in [-0.25, -0.2) is 0 Å². The average Bonchev–Trinajstić information content (AvgIpc) is 2.77. The van der Waals surface area contributed by atoms with Crippen LogP contribution in [0.2, 0.25) is 0 Å². The number of fused-ring (bicyclic) bond motifs is 3. The number of primary amides is 1. The average molecular weight is 496 g/mol. The molecular weight excluding hydrogens is 466 g/mol. The lowest BCUT2D eigenvalue weighted by Crippen LogP contribution is -2.65. The Bertz CT molecular complexity index is 1310. The first-order valence-electron chi connectivity index (χ1n) is 11.5. The van der Waals surface area contributed by atoms with E-state index in [1.165, 1.54) is 11.0 Å². The summed E-state index contributed by atoms with van der Waals surface area (Å²) >= 11 is 0. The Morgan fingerprint density at radius 1 is 1.17 bits per heavy atom. The number of phenolic OH excluding ortho intramolecular Hbond substituents is 1. The molecule has 36 heavy (non-hydrogen) atoms. The number of rotatable bonds is 3. The summed E-state index contributed by atoms with van der Waals surface area (Å²) in [6, 6.07) is 1.88. The normalized spacial score (nSPS) is 27.5. The fourth-order valence-corrected chi connectivity index (χ4v) is 5.65. The van der Waals surface area contributed by atoms with Gasteiger partial charge in [0.1, 0.15) is 22.8 Å². The van der Waals surface area contributed by atoms with Crippen LogP contribution in [0.1, 0.15) is 23.1 Å². The second-order valence-corrected chi connectivity index (χ2v) is 9.99. The lowest BCUT2D eigenvalue weighted by atomic mass is 9.57. The smallest absolute Gasteiger partial charge is 0.255 e. The van der Waals surface area contributed by atoms with Gasteiger partial charge in [-0.2, -0.15) is 0 Å². The van der Waals surface area contributed by atoms with Gasteiger partial charge in [-0.3, -0.25) is 24.2 Å². The van der Waals surface area contributed by atoms with Crippen molar-refractivity contribution >= 4 is 23.2 Å². The molecule has 190 valence electrons. The van der Waals surface area contributed by atoms with Gasteiger partial charge in [0.2, 0.25) is 5.78 Å². The fourth-order valence-electron chi connectivity index (χ4n) is 5.65. The van der Waals surface area contributed by atoms with Gasteiger partial charge in [0.05, 0.1) is 18.2 Å². The lowest BCUT2D eigenvalue weighted by molar-refractivity contribution is -0.153. The molecule has 6 N–H and O–H groups in total. The number of hydrogen-bond donors (Lipinski definition) is 5. The number of aromatic hydroxyl groups is 1. The quantitative estimate of drug-likeness (QED) is 0.284. The monoisotopic (exact) mass is 495 g/mol. The zero-order valence-electron chi connectivity index (χ0n) is 20.5. The number of nitrogens with two attached hydrogens (primary N) is 1. The molecular formula is C26H29N3O7. The Hall–Kier alpha value is -3.65. The summed E-state index contributed by atoms with van der Waals surface area (Å²) in [5.74, 6) is -0.664. The van der Waals surface area contributed by atoms with Gasteiger partial charge in [-0.05, 0) is 64.6 Å². The lowest BCUT2D eigenvalue weighted by Gasteiger charge is -2.50. The summed E-state index contributed by atoms with van der Waals surface area (Å²) in [4.78, 5) is 42.3. The summed E-state index contributed by atoms with van der Waals surface area (Å²) in [5.41, 5.74) is 2.81. The van der Waals surface area contributed by atoms with Crippen LogP contribution < -0.4 is 5.73 Å². The van der Waals surface area contributed by atoms with E-state index >= 15 is 0 Å². The summed E-state index contributed by atoms with van der Waals surface area (Å²) in [7, 11) is 6.86. The van der Waals surface area contributed by atoms with Gasteiger partial charge in [0.25, 0.3) is 5.91 Å². The van der Waals surface area contributed by atoms with Crippen molar-refractivity contribution in [1.29, 1.82) is 0 Å². The Balaban J connectivity index is 1.93. The highest BCUT2D eigenvalue weighted by atomic mass is 16.3. The molecule has 0 spiro atoms. The molecule has 2 unspecified atom stereocenters. The minimum Gasteiger partial charge on any atom is -0.508 e. The van der Waals surface area contributed by atoms with E-state index in [0.717, 1.165) is 0 Å². The third kappa shape index (κ3) is 3.59. The Morgan fingerprint density at radius 2 is 1.83 bits per heavy atom. The fraction of sp³-hybridized carbons (Fsp3) is 0.423. The van der Waals surface area contributed by atoms with E-state index < -0.39 is 58.0 Å². The van der Waals surface area contributed by atoms with Gasteiger partial charge in [-0.1, -0.05) is 11.8 Å². The summed E-state index contributed by atoms with van der Waals surface area (Å²) in [6.45, 7) is 0.486. The first-order chi connectivity index (χ1) is 16.8. The number of phenols is 1. The van der Waals surface area contributed by atoms with Gasteiger partial charge in [0.15, 0.2) is 11.4 Å². The van der Waals surface area contributed by atoms with Crippen molar-refractivity contribution in [1.82, 2.24) is 9.80 Å². The highest BCUT2D eigenvalue weighted by Gasteiger charge is 2.64. The van der Waals surface area contributed by atoms with Crippen LogP contribution in [-0.2, 0) is 20.8 Å². The minimum atomic E-state index is -2.65. The number of carbonyl (C=O) groups is 3. The molecule has 1 fully saturated rings. The third-order valence-corrected chi connectivity index (χ3v) is 7.22. The maximum atomic E-state index is 13.8. The molecule has 10 nitrogen and oxygen atoms in total. The molecule has 0 heterocycles. The molecule has 1 saturated carbocycles. The van der Waals surface area contributed by atoms with Crippen molar-refractivity contribution in [2.45, 2.75) is 24.5 Å². The molecule has 3 aliphatic carbocycles. The van der Waals surface area contributed by atoms with Crippen LogP contribution in [-0.4, -0.2) is 94.1 Å². The number of aliphatic hydroxyl groups is 3. The van der Waals surface area contributed by atoms with Crippen LogP contribution in [0.4, 0.5) is 0 Å². The maximum Gasteiger partial charge on any atom is 0.255 e. The van der Waals surface area contributed by atoms with E-state index in [4.69, 9.17) is 5.73 Å². The number of benzene rings is 1. The van der Waals surface area contributed by atoms with Crippen molar-refractivity contribution < 1.29 is 34.8 Å². The molecule has 1 aromatic carbocycles. The van der Waals surface area contributed by atoms with E-state index in [1.54, 1.807) is 20.2 Å². The summed E-state index contributed by atoms with van der Waals surface area (Å²) in [6.07, 6.45) is 0.237. The molecule has 4 rings (SSSR count). The topological polar surface area (TPSA) is 165 Å². The zero-order valence-corrected chi connectivity index (χ0v) is 20.5. The van der Waals surface area contributed by atoms with E-state index in [9.17, 15) is 34.8 Å². The first kappa shape index (κ1) is 25.4. The van der Waals surface area contributed by atoms with Crippen molar-refractivity contribution in [3.05, 3.63) is 45.7 Å². The standard InChI is InChI=1S/C26H29N3O7/c1-28(2)9-5-6-12-7-8-16(30)18-14(12)10-13-11-15-20(29(3)4)22(32)19(25(27)35)24(34)26(15,36)23(33)17(13)21(18)31/h7-8,13,15,20,30-31,34,36H,9-11H2,1-4H3,(H2,27,35)/t13?,15?,20-,26-/m0/s1. The molecule has 0 bridgehead atoms. The number of likely N-dealkylation sites (N-methyl/N-ethyl adjacent to an activating group) is 1. The van der Waals surface area contributed by atoms with Crippen molar-refractivity contribution in [2.24, 2.45) is 17.6 Å². The van der Waals surface area contributed by atoms with Gasteiger partial charge >= 0.3 is 0 Å². The van der Waals surface area contributed by atoms with Crippen LogP contribution >= 0.6 is 0 Å². The molecule has 0 radical (unpaired) electrons. The van der Waals surface area contributed by atoms with Gasteiger partial charge in [0, 0.05) is 17.1 Å². The number of nitrogens with zero attached hydrogens (tertiary/aromatic N) is 2. The van der Waals surface area contributed by atoms with Crippen LogP contribution in [0.3, 0.4) is 0 Å². The highest BCUT2D eigenvalue weighted by molar-refractivity contribution is 6.24. The molecule has 0 aromatic heterocycles. The van der Waals surface area contributed by atoms with Crippen molar-refractivity contribution in [3.63, 3.8) is 0 Å². The largest absolute Gasteiger partial charge is 0.508 e. The number of amides is 1. The van der Waals surface area contributed by atoms with Crippen LogP contribution in [0.5, 0.6) is 5.75 Å². The van der Waals surface area contributed by atoms with E-state index in [2.05, 4.69) is 11.8 Å². The first-order valence-corrected chi connectivity index (χ1v) is 11.5. The second kappa shape index (κ2) is 8.78. The second-order valence-electron chi connectivity index (χ2n) is 9.99. The Labute approximate surface area is 208 Å². The van der Waals surface area contributed by atoms with Crippen molar-refractivity contribution in [3.8, 4) is 17.6 Å². The van der Waals surface area contributed by atoms with Gasteiger partial charge < -0.3 is 26.2 Å². The predicted molar refractivity (Wildman–Crippen MR) is 130 cm³/mol. The molecule has 0 aliphatic heterocycles. The number of hydrogen-bond acceptors (Lipinski definition) is 9. The van der Waals surface area contributed by atoms with Crippen LogP contribution in [0.15, 0.2) is 29.0 Å². The highest BCUT2D eigenvalue weighted by Crippen LogP contribution is 2.52. The summed E-state index contributed by atoms with van der Waals surface area (Å²) < 4.78 is 0. The Morgan fingerprint density at radius 3 is 2.42 bits per heavy atom. The summed E-state index contributed by atoms with van der Waals surface area (Å²) in [5, 5.41) is 44.2. The van der Waals surface area contributed by atoms with E-state index in [1.807, 2.05) is 19.0 Å². The number of Topliss-reactive ketones (excluding diaryl/α,β-unsaturated/α-hetero) is 2. The van der Waals surface area contributed by atoms with Crippen molar-refractivity contribution in [2.75, 3.05) is 34.7 Å². The Kier molecular flexibility index (Phi) is 6.21.